The van der Waals surface area contributed by atoms with Crippen molar-refractivity contribution >= 4 is 11.6 Å². The van der Waals surface area contributed by atoms with Crippen LogP contribution >= 0.6 is 11.6 Å². The molecule has 2 unspecified atom stereocenters. The van der Waals surface area contributed by atoms with Crippen LogP contribution in [0.4, 0.5) is 0 Å². The average Bonchev–Trinajstić information content (AvgIpc) is 2.59. The molecule has 5 heteroatoms. The van der Waals surface area contributed by atoms with Crippen LogP contribution in [0.15, 0.2) is 0 Å². The number of hydrogen-bond acceptors (Lipinski definition) is 3. The minimum absolute atomic E-state index is 0.534. The predicted octanol–water partition coefficient (Wildman–Crippen LogP) is 2.59. The van der Waals surface area contributed by atoms with E-state index in [0.717, 1.165) is 36.0 Å². The number of hydrogen-bond donors (Lipinski definition) is 1. The van der Waals surface area contributed by atoms with Crippen LogP contribution in [0, 0.1) is 12.8 Å². The van der Waals surface area contributed by atoms with E-state index in [1.54, 1.807) is 0 Å². The lowest BCUT2D eigenvalue weighted by molar-refractivity contribution is 0.108. The van der Waals surface area contributed by atoms with E-state index in [0.29, 0.717) is 18.0 Å². The summed E-state index contributed by atoms with van der Waals surface area (Å²) in [7, 11) is 1.98. The normalized spacial score (nSPS) is 24.6. The highest BCUT2D eigenvalue weighted by atomic mass is 35.5. The maximum atomic E-state index is 6.40. The van der Waals surface area contributed by atoms with Gasteiger partial charge in [-0.05, 0) is 26.2 Å². The van der Waals surface area contributed by atoms with Gasteiger partial charge in [0.1, 0.15) is 0 Å². The molecule has 4 nitrogen and oxygen atoms in total. The summed E-state index contributed by atoms with van der Waals surface area (Å²) in [6.45, 7) is 11.8. The van der Waals surface area contributed by atoms with Crippen LogP contribution < -0.4 is 5.32 Å². The number of aryl methyl sites for hydroxylation is 2. The molecule has 1 aliphatic rings. The molecular formula is C15H27ClN4. The molecule has 114 valence electrons. The van der Waals surface area contributed by atoms with Gasteiger partial charge in [-0.2, -0.15) is 5.10 Å². The van der Waals surface area contributed by atoms with Gasteiger partial charge in [0, 0.05) is 38.8 Å². The van der Waals surface area contributed by atoms with E-state index < -0.39 is 0 Å². The summed E-state index contributed by atoms with van der Waals surface area (Å²) in [6.07, 6.45) is 1.22. The Morgan fingerprint density at radius 2 is 2.15 bits per heavy atom. The van der Waals surface area contributed by atoms with Crippen LogP contribution in [0.3, 0.4) is 0 Å². The van der Waals surface area contributed by atoms with Gasteiger partial charge in [-0.1, -0.05) is 25.4 Å². The number of halogens is 1. The second-order valence-corrected chi connectivity index (χ2v) is 6.87. The summed E-state index contributed by atoms with van der Waals surface area (Å²) < 4.78 is 1.93. The second kappa shape index (κ2) is 6.46. The molecular weight excluding hydrogens is 272 g/mol. The van der Waals surface area contributed by atoms with E-state index in [4.69, 9.17) is 11.6 Å². The SMILES string of the molecule is Cc1nn(C)c(CN2CC(C)NCC2CC(C)C)c1Cl. The predicted molar refractivity (Wildman–Crippen MR) is 84.1 cm³/mol. The minimum Gasteiger partial charge on any atom is -0.311 e. The lowest BCUT2D eigenvalue weighted by atomic mass is 9.99. The molecule has 0 amide bonds. The summed E-state index contributed by atoms with van der Waals surface area (Å²) in [5.41, 5.74) is 2.06. The lowest BCUT2D eigenvalue weighted by Gasteiger charge is -2.40. The first-order chi connectivity index (χ1) is 9.38. The molecule has 1 saturated heterocycles. The first-order valence-electron chi connectivity index (χ1n) is 7.53. The van der Waals surface area contributed by atoms with Crippen molar-refractivity contribution in [2.45, 2.75) is 52.7 Å². The van der Waals surface area contributed by atoms with Gasteiger partial charge in [0.2, 0.25) is 0 Å². The van der Waals surface area contributed by atoms with Gasteiger partial charge >= 0.3 is 0 Å². The highest BCUT2D eigenvalue weighted by molar-refractivity contribution is 6.31. The molecule has 0 radical (unpaired) electrons. The maximum Gasteiger partial charge on any atom is 0.0860 e. The third-order valence-electron chi connectivity index (χ3n) is 4.08. The van der Waals surface area contributed by atoms with Gasteiger partial charge in [-0.3, -0.25) is 9.58 Å². The molecule has 1 aromatic heterocycles. The Morgan fingerprint density at radius 1 is 1.45 bits per heavy atom. The van der Waals surface area contributed by atoms with Crippen LogP contribution in [0.1, 0.15) is 38.6 Å². The first-order valence-corrected chi connectivity index (χ1v) is 7.91. The Bertz CT molecular complexity index is 455. The Kier molecular flexibility index (Phi) is 5.10. The summed E-state index contributed by atoms with van der Waals surface area (Å²) in [4.78, 5) is 2.56. The highest BCUT2D eigenvalue weighted by Gasteiger charge is 2.28. The Morgan fingerprint density at radius 3 is 2.70 bits per heavy atom. The molecule has 0 spiro atoms. The van der Waals surface area contributed by atoms with Crippen molar-refractivity contribution in [1.29, 1.82) is 0 Å². The molecule has 0 aliphatic carbocycles. The van der Waals surface area contributed by atoms with Crippen LogP contribution in [-0.4, -0.2) is 39.9 Å². The zero-order valence-corrected chi connectivity index (χ0v) is 14.0. The average molecular weight is 299 g/mol. The van der Waals surface area contributed by atoms with Gasteiger partial charge in [0.25, 0.3) is 0 Å². The standard InChI is InChI=1S/C15H27ClN4/c1-10(2)6-13-7-17-11(3)8-20(13)9-14-15(16)12(4)18-19(14)5/h10-11,13,17H,6-9H2,1-5H3. The van der Waals surface area contributed by atoms with Crippen LogP contribution in [0.5, 0.6) is 0 Å². The third-order valence-corrected chi connectivity index (χ3v) is 4.58. The van der Waals surface area contributed by atoms with Crippen LogP contribution in [0.2, 0.25) is 5.02 Å². The lowest BCUT2D eigenvalue weighted by Crippen LogP contribution is -2.55. The third kappa shape index (κ3) is 3.54. The zero-order valence-electron chi connectivity index (χ0n) is 13.3. The Labute approximate surface area is 127 Å². The van der Waals surface area contributed by atoms with Crippen molar-refractivity contribution < 1.29 is 0 Å². The second-order valence-electron chi connectivity index (χ2n) is 6.49. The molecule has 1 N–H and O–H groups in total. The summed E-state index contributed by atoms with van der Waals surface area (Å²) >= 11 is 6.40. The Balaban J connectivity index is 2.14. The van der Waals surface area contributed by atoms with E-state index in [2.05, 4.69) is 36.1 Å². The molecule has 1 fully saturated rings. The van der Waals surface area contributed by atoms with E-state index in [-0.39, 0.29) is 0 Å². The molecule has 2 atom stereocenters. The first kappa shape index (κ1) is 15.8. The van der Waals surface area contributed by atoms with Crippen molar-refractivity contribution in [3.05, 3.63) is 16.4 Å². The summed E-state index contributed by atoms with van der Waals surface area (Å²) in [5, 5.41) is 8.84. The fourth-order valence-electron chi connectivity index (χ4n) is 3.05. The van der Waals surface area contributed by atoms with Crippen molar-refractivity contribution in [3.63, 3.8) is 0 Å². The molecule has 2 heterocycles. The molecule has 0 saturated carbocycles. The fourth-order valence-corrected chi connectivity index (χ4v) is 3.27. The molecule has 1 aliphatic heterocycles. The van der Waals surface area contributed by atoms with Gasteiger partial charge in [0.15, 0.2) is 0 Å². The van der Waals surface area contributed by atoms with Crippen LogP contribution in [0.25, 0.3) is 0 Å². The fraction of sp³-hybridized carbons (Fsp3) is 0.800. The van der Waals surface area contributed by atoms with Crippen LogP contribution in [-0.2, 0) is 13.6 Å². The van der Waals surface area contributed by atoms with Gasteiger partial charge in [-0.15, -0.1) is 0 Å². The minimum atomic E-state index is 0.534. The van der Waals surface area contributed by atoms with Crippen molar-refractivity contribution in [3.8, 4) is 0 Å². The topological polar surface area (TPSA) is 33.1 Å². The number of rotatable bonds is 4. The summed E-state index contributed by atoms with van der Waals surface area (Å²) in [6, 6.07) is 1.11. The van der Waals surface area contributed by atoms with Gasteiger partial charge in [-0.25, -0.2) is 0 Å². The Hall–Kier alpha value is -0.580. The molecule has 2 rings (SSSR count). The number of piperazine rings is 1. The summed E-state index contributed by atoms with van der Waals surface area (Å²) in [5.74, 6) is 0.710. The van der Waals surface area contributed by atoms with E-state index >= 15 is 0 Å². The van der Waals surface area contributed by atoms with E-state index in [9.17, 15) is 0 Å². The largest absolute Gasteiger partial charge is 0.311 e. The molecule has 0 aromatic carbocycles. The number of nitrogens with zero attached hydrogens (tertiary/aromatic N) is 3. The highest BCUT2D eigenvalue weighted by Crippen LogP contribution is 2.24. The van der Waals surface area contributed by atoms with Crippen molar-refractivity contribution in [2.24, 2.45) is 13.0 Å². The number of aromatic nitrogens is 2. The van der Waals surface area contributed by atoms with E-state index in [1.165, 1.54) is 6.42 Å². The van der Waals surface area contributed by atoms with Gasteiger partial charge < -0.3 is 5.32 Å². The van der Waals surface area contributed by atoms with Gasteiger partial charge in [0.05, 0.1) is 16.4 Å². The molecule has 0 bridgehead atoms. The van der Waals surface area contributed by atoms with Crippen molar-refractivity contribution in [1.82, 2.24) is 20.0 Å². The quantitative estimate of drug-likeness (QED) is 0.927. The van der Waals surface area contributed by atoms with Crippen molar-refractivity contribution in [2.75, 3.05) is 13.1 Å². The molecule has 1 aromatic rings. The maximum absolute atomic E-state index is 6.40. The zero-order chi connectivity index (χ0) is 14.9. The monoisotopic (exact) mass is 298 g/mol. The van der Waals surface area contributed by atoms with E-state index in [1.807, 2.05) is 18.7 Å². The number of nitrogens with one attached hydrogen (secondary N) is 1. The smallest absolute Gasteiger partial charge is 0.0860 e. The molecule has 20 heavy (non-hydrogen) atoms.